The zero-order valence-corrected chi connectivity index (χ0v) is 7.41. The molecule has 0 unspecified atom stereocenters. The summed E-state index contributed by atoms with van der Waals surface area (Å²) in [7, 11) is 1.97. The molecule has 0 aliphatic carbocycles. The van der Waals surface area contributed by atoms with Gasteiger partial charge in [-0.15, -0.1) is 5.92 Å². The molecular weight excluding hydrogens is 122 g/mol. The van der Waals surface area contributed by atoms with E-state index in [1.54, 1.807) is 0 Å². The molecule has 0 radical (unpaired) electrons. The monoisotopic (exact) mass is 139 g/mol. The lowest BCUT2D eigenvalue weighted by Gasteiger charge is -2.16. The van der Waals surface area contributed by atoms with E-state index in [9.17, 15) is 0 Å². The van der Waals surface area contributed by atoms with E-state index >= 15 is 0 Å². The summed E-state index contributed by atoms with van der Waals surface area (Å²) < 4.78 is 0. The van der Waals surface area contributed by atoms with Crippen molar-refractivity contribution >= 4 is 0 Å². The highest BCUT2D eigenvalue weighted by molar-refractivity contribution is 5.06. The van der Waals surface area contributed by atoms with Crippen LogP contribution in [-0.4, -0.2) is 13.6 Å². The van der Waals surface area contributed by atoms with Crippen molar-refractivity contribution in [1.82, 2.24) is 5.32 Å². The van der Waals surface area contributed by atoms with Crippen molar-refractivity contribution in [2.75, 3.05) is 13.6 Å². The Kier molecular flexibility index (Phi) is 4.14. The van der Waals surface area contributed by atoms with Gasteiger partial charge in [0.15, 0.2) is 0 Å². The van der Waals surface area contributed by atoms with Gasteiger partial charge in [-0.3, -0.25) is 0 Å². The minimum absolute atomic E-state index is 0.178. The Morgan fingerprint density at radius 3 is 2.40 bits per heavy atom. The van der Waals surface area contributed by atoms with Crippen LogP contribution in [-0.2, 0) is 0 Å². The lowest BCUT2D eigenvalue weighted by atomic mass is 9.90. The summed E-state index contributed by atoms with van der Waals surface area (Å²) in [5, 5.41) is 3.11. The van der Waals surface area contributed by atoms with Crippen LogP contribution in [0.15, 0.2) is 0 Å². The third-order valence-corrected chi connectivity index (χ3v) is 1.46. The van der Waals surface area contributed by atoms with E-state index in [4.69, 9.17) is 0 Å². The molecule has 0 heterocycles. The lowest BCUT2D eigenvalue weighted by Crippen LogP contribution is -2.17. The Morgan fingerprint density at radius 1 is 1.40 bits per heavy atom. The fraction of sp³-hybridized carbons (Fsp3) is 0.778. The van der Waals surface area contributed by atoms with Gasteiger partial charge in [0.2, 0.25) is 0 Å². The van der Waals surface area contributed by atoms with Crippen LogP contribution >= 0.6 is 0 Å². The van der Waals surface area contributed by atoms with E-state index in [0.29, 0.717) is 0 Å². The molecule has 1 heteroatoms. The van der Waals surface area contributed by atoms with Crippen LogP contribution in [0.4, 0.5) is 0 Å². The summed E-state index contributed by atoms with van der Waals surface area (Å²) in [6.45, 7) is 7.27. The SMILES string of the molecule is CC#CC(C)(C)CCNC. The highest BCUT2D eigenvalue weighted by atomic mass is 14.8. The Morgan fingerprint density at radius 2 is 2.00 bits per heavy atom. The predicted molar refractivity (Wildman–Crippen MR) is 45.8 cm³/mol. The Hall–Kier alpha value is -0.480. The minimum Gasteiger partial charge on any atom is -0.320 e. The predicted octanol–water partition coefficient (Wildman–Crippen LogP) is 1.65. The molecule has 0 saturated carbocycles. The lowest BCUT2D eigenvalue weighted by molar-refractivity contribution is 0.448. The van der Waals surface area contributed by atoms with Crippen LogP contribution in [0.25, 0.3) is 0 Å². The van der Waals surface area contributed by atoms with Gasteiger partial charge in [-0.2, -0.15) is 0 Å². The summed E-state index contributed by atoms with van der Waals surface area (Å²) in [6.07, 6.45) is 1.12. The van der Waals surface area contributed by atoms with Crippen molar-refractivity contribution in [1.29, 1.82) is 0 Å². The first kappa shape index (κ1) is 9.52. The van der Waals surface area contributed by atoms with Crippen LogP contribution in [0.2, 0.25) is 0 Å². The quantitative estimate of drug-likeness (QED) is 0.586. The molecule has 1 nitrogen and oxygen atoms in total. The molecule has 58 valence electrons. The van der Waals surface area contributed by atoms with Gasteiger partial charge in [0.1, 0.15) is 0 Å². The van der Waals surface area contributed by atoms with E-state index in [-0.39, 0.29) is 5.41 Å². The molecule has 0 aromatic rings. The van der Waals surface area contributed by atoms with Crippen LogP contribution in [0.3, 0.4) is 0 Å². The molecule has 0 rings (SSSR count). The molecule has 0 spiro atoms. The first-order valence-corrected chi connectivity index (χ1v) is 3.71. The van der Waals surface area contributed by atoms with E-state index in [0.717, 1.165) is 13.0 Å². The number of hydrogen-bond acceptors (Lipinski definition) is 1. The standard InChI is InChI=1S/C9H17N/c1-5-6-9(2,3)7-8-10-4/h10H,7-8H2,1-4H3. The third kappa shape index (κ3) is 4.40. The minimum atomic E-state index is 0.178. The van der Waals surface area contributed by atoms with Crippen molar-refractivity contribution in [3.8, 4) is 11.8 Å². The van der Waals surface area contributed by atoms with E-state index in [1.165, 1.54) is 0 Å². The average molecular weight is 139 g/mol. The Bertz CT molecular complexity index is 137. The summed E-state index contributed by atoms with van der Waals surface area (Å²) in [6, 6.07) is 0. The highest BCUT2D eigenvalue weighted by Crippen LogP contribution is 2.17. The summed E-state index contributed by atoms with van der Waals surface area (Å²) in [4.78, 5) is 0. The van der Waals surface area contributed by atoms with Crippen molar-refractivity contribution < 1.29 is 0 Å². The number of nitrogens with one attached hydrogen (secondary N) is 1. The molecule has 0 amide bonds. The molecule has 0 fully saturated rings. The smallest absolute Gasteiger partial charge is 0.0270 e. The maximum atomic E-state index is 3.17. The molecule has 0 bridgehead atoms. The van der Waals surface area contributed by atoms with Crippen LogP contribution in [0, 0.1) is 17.3 Å². The molecule has 0 aliphatic heterocycles. The highest BCUT2D eigenvalue weighted by Gasteiger charge is 2.11. The molecule has 0 aromatic carbocycles. The van der Waals surface area contributed by atoms with Crippen LogP contribution in [0.5, 0.6) is 0 Å². The van der Waals surface area contributed by atoms with Gasteiger partial charge in [-0.1, -0.05) is 5.92 Å². The largest absolute Gasteiger partial charge is 0.320 e. The van der Waals surface area contributed by atoms with E-state index in [1.807, 2.05) is 14.0 Å². The Balaban J connectivity index is 3.71. The molecule has 1 N–H and O–H groups in total. The van der Waals surface area contributed by atoms with Gasteiger partial charge in [0.25, 0.3) is 0 Å². The van der Waals surface area contributed by atoms with Crippen molar-refractivity contribution in [3.05, 3.63) is 0 Å². The zero-order chi connectivity index (χ0) is 8.04. The van der Waals surface area contributed by atoms with Crippen molar-refractivity contribution in [3.63, 3.8) is 0 Å². The van der Waals surface area contributed by atoms with Crippen LogP contribution < -0.4 is 5.32 Å². The molecule has 0 atom stereocenters. The maximum Gasteiger partial charge on any atom is 0.0270 e. The van der Waals surface area contributed by atoms with Crippen molar-refractivity contribution in [2.24, 2.45) is 5.41 Å². The Labute approximate surface area is 64.2 Å². The van der Waals surface area contributed by atoms with Gasteiger partial charge in [-0.05, 0) is 40.8 Å². The fourth-order valence-corrected chi connectivity index (χ4v) is 0.838. The zero-order valence-electron chi connectivity index (χ0n) is 7.41. The van der Waals surface area contributed by atoms with Gasteiger partial charge in [-0.25, -0.2) is 0 Å². The second kappa shape index (κ2) is 4.35. The summed E-state index contributed by atoms with van der Waals surface area (Å²) in [5.74, 6) is 6.11. The topological polar surface area (TPSA) is 12.0 Å². The normalized spacial score (nSPS) is 10.4. The molecule has 0 aromatic heterocycles. The van der Waals surface area contributed by atoms with Gasteiger partial charge in [0.05, 0.1) is 0 Å². The first-order valence-electron chi connectivity index (χ1n) is 3.71. The molecule has 0 aliphatic rings. The fourth-order valence-electron chi connectivity index (χ4n) is 0.838. The first-order chi connectivity index (χ1) is 4.62. The molecular formula is C9H17N. The van der Waals surface area contributed by atoms with Gasteiger partial charge in [0, 0.05) is 5.41 Å². The van der Waals surface area contributed by atoms with E-state index in [2.05, 4.69) is 31.0 Å². The van der Waals surface area contributed by atoms with Crippen molar-refractivity contribution in [2.45, 2.75) is 27.2 Å². The molecule has 10 heavy (non-hydrogen) atoms. The second-order valence-electron chi connectivity index (χ2n) is 3.11. The number of hydrogen-bond donors (Lipinski definition) is 1. The second-order valence-corrected chi connectivity index (χ2v) is 3.11. The van der Waals surface area contributed by atoms with Crippen LogP contribution in [0.1, 0.15) is 27.2 Å². The van der Waals surface area contributed by atoms with Gasteiger partial charge >= 0.3 is 0 Å². The number of rotatable bonds is 3. The summed E-state index contributed by atoms with van der Waals surface area (Å²) in [5.41, 5.74) is 0.178. The third-order valence-electron chi connectivity index (χ3n) is 1.46. The summed E-state index contributed by atoms with van der Waals surface area (Å²) >= 11 is 0. The molecule has 0 saturated heterocycles. The maximum absolute atomic E-state index is 3.17. The average Bonchev–Trinajstić information content (AvgIpc) is 1.84. The van der Waals surface area contributed by atoms with Gasteiger partial charge < -0.3 is 5.32 Å². The van der Waals surface area contributed by atoms with E-state index < -0.39 is 0 Å².